The zero-order valence-electron chi connectivity index (χ0n) is 14.3. The number of hydrogen-bond donors (Lipinski definition) is 0. The maximum absolute atomic E-state index is 12.5. The predicted molar refractivity (Wildman–Crippen MR) is 91.7 cm³/mol. The normalized spacial score (nSPS) is 13.0. The number of carbonyl (C=O) groups excluding carboxylic acids is 3. The number of pyridine rings is 1. The minimum Gasteiger partial charge on any atom is -0.456 e. The maximum atomic E-state index is 12.5. The first kappa shape index (κ1) is 17.8. The van der Waals surface area contributed by atoms with Crippen molar-refractivity contribution in [3.8, 4) is 0 Å². The zero-order valence-corrected chi connectivity index (χ0v) is 14.3. The van der Waals surface area contributed by atoms with Gasteiger partial charge in [-0.15, -0.1) is 0 Å². The van der Waals surface area contributed by atoms with E-state index in [1.54, 1.807) is 31.5 Å². The summed E-state index contributed by atoms with van der Waals surface area (Å²) in [6, 6.07) is 9.70. The van der Waals surface area contributed by atoms with E-state index in [1.807, 2.05) is 0 Å². The van der Waals surface area contributed by atoms with Crippen LogP contribution in [0.2, 0.25) is 0 Å². The van der Waals surface area contributed by atoms with Gasteiger partial charge < -0.3 is 9.47 Å². The summed E-state index contributed by atoms with van der Waals surface area (Å²) in [5, 5.41) is 0. The standard InChI is InChI=1S/C19H18N2O5/c1-25-10-4-9-21-17(22)15-7-6-13(11-16(15)18(21)23)19(24)26-12-14-5-2-3-8-20-14/h2-3,5-8,11H,4,9-10,12H2,1H3. The van der Waals surface area contributed by atoms with Gasteiger partial charge in [-0.05, 0) is 36.8 Å². The van der Waals surface area contributed by atoms with Crippen LogP contribution in [0.4, 0.5) is 0 Å². The number of rotatable bonds is 7. The first-order valence-electron chi connectivity index (χ1n) is 8.18. The number of hydrogen-bond acceptors (Lipinski definition) is 6. The fraction of sp³-hybridized carbons (Fsp3) is 0.263. The molecule has 134 valence electrons. The molecule has 7 nitrogen and oxygen atoms in total. The number of benzene rings is 1. The van der Waals surface area contributed by atoms with Gasteiger partial charge in [0.15, 0.2) is 0 Å². The highest BCUT2D eigenvalue weighted by atomic mass is 16.5. The van der Waals surface area contributed by atoms with E-state index in [9.17, 15) is 14.4 Å². The van der Waals surface area contributed by atoms with Gasteiger partial charge in [-0.1, -0.05) is 6.07 Å². The van der Waals surface area contributed by atoms with Gasteiger partial charge in [0, 0.05) is 26.5 Å². The Morgan fingerprint density at radius 1 is 1.12 bits per heavy atom. The molecule has 0 spiro atoms. The summed E-state index contributed by atoms with van der Waals surface area (Å²) >= 11 is 0. The molecule has 0 aliphatic carbocycles. The molecule has 2 aromatic rings. The number of methoxy groups -OCH3 is 1. The lowest BCUT2D eigenvalue weighted by molar-refractivity contribution is 0.0467. The highest BCUT2D eigenvalue weighted by molar-refractivity contribution is 6.21. The van der Waals surface area contributed by atoms with Crippen molar-refractivity contribution in [1.29, 1.82) is 0 Å². The van der Waals surface area contributed by atoms with Gasteiger partial charge in [0.1, 0.15) is 6.61 Å². The Hall–Kier alpha value is -3.06. The summed E-state index contributed by atoms with van der Waals surface area (Å²) in [4.78, 5) is 42.3. The molecule has 2 amide bonds. The summed E-state index contributed by atoms with van der Waals surface area (Å²) in [7, 11) is 1.56. The topological polar surface area (TPSA) is 85.8 Å². The molecular weight excluding hydrogens is 336 g/mol. The molecule has 2 heterocycles. The fourth-order valence-corrected chi connectivity index (χ4v) is 2.69. The van der Waals surface area contributed by atoms with E-state index in [1.165, 1.54) is 23.1 Å². The van der Waals surface area contributed by atoms with Crippen LogP contribution in [0.25, 0.3) is 0 Å². The summed E-state index contributed by atoms with van der Waals surface area (Å²) in [5.41, 5.74) is 1.37. The third kappa shape index (κ3) is 3.62. The SMILES string of the molecule is COCCCN1C(=O)c2ccc(C(=O)OCc3ccccn3)cc2C1=O. The highest BCUT2D eigenvalue weighted by Gasteiger charge is 2.35. The van der Waals surface area contributed by atoms with Crippen LogP contribution in [-0.4, -0.2) is 47.9 Å². The van der Waals surface area contributed by atoms with Gasteiger partial charge in [0.25, 0.3) is 11.8 Å². The van der Waals surface area contributed by atoms with E-state index >= 15 is 0 Å². The lowest BCUT2D eigenvalue weighted by Gasteiger charge is -2.12. The van der Waals surface area contributed by atoms with E-state index in [2.05, 4.69) is 4.98 Å². The number of ether oxygens (including phenoxy) is 2. The third-order valence-corrected chi connectivity index (χ3v) is 4.01. The smallest absolute Gasteiger partial charge is 0.338 e. The summed E-state index contributed by atoms with van der Waals surface area (Å²) < 4.78 is 10.2. The zero-order chi connectivity index (χ0) is 18.5. The van der Waals surface area contributed by atoms with Crippen molar-refractivity contribution < 1.29 is 23.9 Å². The van der Waals surface area contributed by atoms with Gasteiger partial charge in [-0.2, -0.15) is 0 Å². The Balaban J connectivity index is 1.70. The van der Waals surface area contributed by atoms with E-state index in [0.29, 0.717) is 24.3 Å². The van der Waals surface area contributed by atoms with E-state index in [4.69, 9.17) is 9.47 Å². The van der Waals surface area contributed by atoms with Crippen molar-refractivity contribution in [3.63, 3.8) is 0 Å². The molecule has 1 aromatic carbocycles. The van der Waals surface area contributed by atoms with Crippen molar-refractivity contribution in [1.82, 2.24) is 9.88 Å². The molecule has 1 aliphatic heterocycles. The average molecular weight is 354 g/mol. The lowest BCUT2D eigenvalue weighted by Crippen LogP contribution is -2.31. The number of amides is 2. The van der Waals surface area contributed by atoms with Gasteiger partial charge >= 0.3 is 5.97 Å². The van der Waals surface area contributed by atoms with Crippen molar-refractivity contribution in [2.45, 2.75) is 13.0 Å². The quantitative estimate of drug-likeness (QED) is 0.430. The second-order valence-electron chi connectivity index (χ2n) is 5.77. The molecule has 26 heavy (non-hydrogen) atoms. The first-order valence-corrected chi connectivity index (χ1v) is 8.18. The van der Waals surface area contributed by atoms with E-state index in [0.717, 1.165) is 0 Å². The molecule has 0 fully saturated rings. The van der Waals surface area contributed by atoms with Crippen LogP contribution in [0.1, 0.15) is 43.2 Å². The van der Waals surface area contributed by atoms with Crippen molar-refractivity contribution in [3.05, 3.63) is 65.0 Å². The fourth-order valence-electron chi connectivity index (χ4n) is 2.69. The Morgan fingerprint density at radius 3 is 2.65 bits per heavy atom. The Morgan fingerprint density at radius 2 is 1.92 bits per heavy atom. The summed E-state index contributed by atoms with van der Waals surface area (Å²) in [6.45, 7) is 0.769. The molecule has 0 radical (unpaired) electrons. The van der Waals surface area contributed by atoms with Crippen molar-refractivity contribution in [2.24, 2.45) is 0 Å². The van der Waals surface area contributed by atoms with Gasteiger partial charge in [-0.25, -0.2) is 4.79 Å². The molecule has 1 aromatic heterocycles. The largest absolute Gasteiger partial charge is 0.456 e. The highest BCUT2D eigenvalue weighted by Crippen LogP contribution is 2.24. The van der Waals surface area contributed by atoms with E-state index < -0.39 is 11.9 Å². The van der Waals surface area contributed by atoms with Crippen molar-refractivity contribution >= 4 is 17.8 Å². The molecule has 0 N–H and O–H groups in total. The minimum atomic E-state index is -0.573. The van der Waals surface area contributed by atoms with Crippen LogP contribution in [0, 0.1) is 0 Å². The number of carbonyl (C=O) groups is 3. The van der Waals surface area contributed by atoms with E-state index in [-0.39, 0.29) is 30.2 Å². The van der Waals surface area contributed by atoms with Crippen LogP contribution in [0.3, 0.4) is 0 Å². The molecular formula is C19H18N2O5. The van der Waals surface area contributed by atoms with Crippen LogP contribution in [0.5, 0.6) is 0 Å². The molecule has 3 rings (SSSR count). The lowest BCUT2D eigenvalue weighted by atomic mass is 10.1. The summed E-state index contributed by atoms with van der Waals surface area (Å²) in [6.07, 6.45) is 2.17. The second-order valence-corrected chi connectivity index (χ2v) is 5.77. The minimum absolute atomic E-state index is 0.0345. The molecule has 0 saturated heterocycles. The number of nitrogens with zero attached hydrogens (tertiary/aromatic N) is 2. The molecule has 7 heteroatoms. The second kappa shape index (κ2) is 7.88. The van der Waals surface area contributed by atoms with Crippen LogP contribution < -0.4 is 0 Å². The molecule has 0 bridgehead atoms. The van der Waals surface area contributed by atoms with Crippen LogP contribution in [0.15, 0.2) is 42.6 Å². The molecule has 1 aliphatic rings. The predicted octanol–water partition coefficient (Wildman–Crippen LogP) is 2.07. The Labute approximate surface area is 150 Å². The van der Waals surface area contributed by atoms with Gasteiger partial charge in [0.2, 0.25) is 0 Å². The van der Waals surface area contributed by atoms with Gasteiger partial charge in [0.05, 0.1) is 22.4 Å². The Bertz CT molecular complexity index is 835. The average Bonchev–Trinajstić information content (AvgIpc) is 2.91. The summed E-state index contributed by atoms with van der Waals surface area (Å²) in [5.74, 6) is -1.33. The monoisotopic (exact) mass is 354 g/mol. The number of esters is 1. The molecule has 0 unspecified atom stereocenters. The van der Waals surface area contributed by atoms with Crippen LogP contribution in [-0.2, 0) is 16.1 Å². The van der Waals surface area contributed by atoms with Crippen LogP contribution >= 0.6 is 0 Å². The number of aromatic nitrogens is 1. The molecule has 0 saturated carbocycles. The third-order valence-electron chi connectivity index (χ3n) is 4.01. The number of fused-ring (bicyclic) bond motifs is 1. The van der Waals surface area contributed by atoms with Gasteiger partial charge in [-0.3, -0.25) is 19.5 Å². The van der Waals surface area contributed by atoms with Crippen molar-refractivity contribution in [2.75, 3.05) is 20.3 Å². The maximum Gasteiger partial charge on any atom is 0.338 e. The molecule has 0 atom stereocenters. The number of imide groups is 1. The Kier molecular flexibility index (Phi) is 5.38. The first-order chi connectivity index (χ1) is 12.6.